The zero-order valence-corrected chi connectivity index (χ0v) is 13.3. The third-order valence-corrected chi connectivity index (χ3v) is 4.28. The molecule has 0 saturated carbocycles. The van der Waals surface area contributed by atoms with Crippen molar-refractivity contribution in [2.45, 2.75) is 13.3 Å². The molecule has 22 heavy (non-hydrogen) atoms. The number of nitrogens with one attached hydrogen (secondary N) is 2. The minimum absolute atomic E-state index is 0.123. The zero-order chi connectivity index (χ0) is 15.5. The van der Waals surface area contributed by atoms with Gasteiger partial charge in [-0.2, -0.15) is 0 Å². The van der Waals surface area contributed by atoms with Crippen molar-refractivity contribution in [1.29, 1.82) is 0 Å². The van der Waals surface area contributed by atoms with Gasteiger partial charge in [-0.15, -0.1) is 11.3 Å². The summed E-state index contributed by atoms with van der Waals surface area (Å²) >= 11 is 1.48. The highest BCUT2D eigenvalue weighted by Crippen LogP contribution is 2.23. The summed E-state index contributed by atoms with van der Waals surface area (Å²) in [5.74, 6) is 0.706. The summed E-state index contributed by atoms with van der Waals surface area (Å²) in [6.45, 7) is 2.46. The SMILES string of the molecule is COc1ccc2[nH]cc(CCNC(=O)c3csc(C)n3)c2c1. The van der Waals surface area contributed by atoms with Crippen molar-refractivity contribution >= 4 is 28.1 Å². The number of amides is 1. The van der Waals surface area contributed by atoms with E-state index in [2.05, 4.69) is 15.3 Å². The van der Waals surface area contributed by atoms with Gasteiger partial charge in [0.2, 0.25) is 0 Å². The number of rotatable bonds is 5. The van der Waals surface area contributed by atoms with Crippen LogP contribution in [0, 0.1) is 6.92 Å². The fraction of sp³-hybridized carbons (Fsp3) is 0.250. The van der Waals surface area contributed by atoms with E-state index in [-0.39, 0.29) is 5.91 Å². The topological polar surface area (TPSA) is 67.0 Å². The molecule has 5 nitrogen and oxygen atoms in total. The molecule has 2 aromatic heterocycles. The quantitative estimate of drug-likeness (QED) is 0.761. The summed E-state index contributed by atoms with van der Waals surface area (Å²) in [4.78, 5) is 19.4. The first-order valence-electron chi connectivity index (χ1n) is 7.01. The number of methoxy groups -OCH3 is 1. The lowest BCUT2D eigenvalue weighted by molar-refractivity contribution is 0.0949. The van der Waals surface area contributed by atoms with Crippen LogP contribution >= 0.6 is 11.3 Å². The minimum Gasteiger partial charge on any atom is -0.497 e. The first-order chi connectivity index (χ1) is 10.7. The number of aromatic amines is 1. The Morgan fingerprint density at radius 3 is 3.05 bits per heavy atom. The maximum absolute atomic E-state index is 12.0. The number of ether oxygens (including phenoxy) is 1. The van der Waals surface area contributed by atoms with Gasteiger partial charge in [-0.05, 0) is 37.1 Å². The number of hydrogen-bond donors (Lipinski definition) is 2. The zero-order valence-electron chi connectivity index (χ0n) is 12.5. The number of carbonyl (C=O) groups is 1. The van der Waals surface area contributed by atoms with Crippen LogP contribution in [-0.4, -0.2) is 29.5 Å². The molecule has 114 valence electrons. The number of hydrogen-bond acceptors (Lipinski definition) is 4. The summed E-state index contributed by atoms with van der Waals surface area (Å²) in [6, 6.07) is 5.93. The van der Waals surface area contributed by atoms with Gasteiger partial charge in [-0.3, -0.25) is 4.79 Å². The van der Waals surface area contributed by atoms with Gasteiger partial charge in [-0.1, -0.05) is 0 Å². The summed E-state index contributed by atoms with van der Waals surface area (Å²) in [5, 5.41) is 6.70. The fourth-order valence-corrected chi connectivity index (χ4v) is 2.95. The first-order valence-corrected chi connectivity index (χ1v) is 7.89. The van der Waals surface area contributed by atoms with E-state index in [1.807, 2.05) is 31.3 Å². The molecule has 0 unspecified atom stereocenters. The van der Waals surface area contributed by atoms with Crippen LogP contribution in [0.5, 0.6) is 5.75 Å². The molecule has 1 amide bonds. The third-order valence-electron chi connectivity index (χ3n) is 3.51. The van der Waals surface area contributed by atoms with E-state index in [4.69, 9.17) is 4.74 Å². The number of aromatic nitrogens is 2. The Balaban J connectivity index is 1.65. The molecular weight excluding hydrogens is 298 g/mol. The Labute approximate surface area is 132 Å². The summed E-state index contributed by atoms with van der Waals surface area (Å²) < 4.78 is 5.26. The average molecular weight is 315 g/mol. The molecule has 2 heterocycles. The fourth-order valence-electron chi connectivity index (χ4n) is 2.36. The Bertz CT molecular complexity index is 807. The molecule has 0 saturated heterocycles. The van der Waals surface area contributed by atoms with Crippen molar-refractivity contribution in [1.82, 2.24) is 15.3 Å². The smallest absolute Gasteiger partial charge is 0.270 e. The van der Waals surface area contributed by atoms with E-state index < -0.39 is 0 Å². The molecule has 3 aromatic rings. The molecule has 0 aliphatic heterocycles. The van der Waals surface area contributed by atoms with E-state index in [9.17, 15) is 4.79 Å². The molecule has 2 N–H and O–H groups in total. The molecule has 0 radical (unpaired) electrons. The lowest BCUT2D eigenvalue weighted by Crippen LogP contribution is -2.25. The van der Waals surface area contributed by atoms with Crippen molar-refractivity contribution in [2.24, 2.45) is 0 Å². The lowest BCUT2D eigenvalue weighted by Gasteiger charge is -2.04. The minimum atomic E-state index is -0.123. The number of carbonyl (C=O) groups excluding carboxylic acids is 1. The van der Waals surface area contributed by atoms with E-state index in [1.165, 1.54) is 11.3 Å². The molecule has 0 atom stereocenters. The Morgan fingerprint density at radius 1 is 1.45 bits per heavy atom. The highest BCUT2D eigenvalue weighted by Gasteiger charge is 2.10. The van der Waals surface area contributed by atoms with Gasteiger partial charge >= 0.3 is 0 Å². The van der Waals surface area contributed by atoms with Crippen molar-refractivity contribution in [2.75, 3.05) is 13.7 Å². The molecule has 1 aromatic carbocycles. The van der Waals surface area contributed by atoms with Crippen LogP contribution in [0.3, 0.4) is 0 Å². The van der Waals surface area contributed by atoms with Crippen LogP contribution in [-0.2, 0) is 6.42 Å². The third kappa shape index (κ3) is 2.96. The van der Waals surface area contributed by atoms with Gasteiger partial charge < -0.3 is 15.0 Å². The highest BCUT2D eigenvalue weighted by molar-refractivity contribution is 7.09. The van der Waals surface area contributed by atoms with E-state index >= 15 is 0 Å². The summed E-state index contributed by atoms with van der Waals surface area (Å²) in [7, 11) is 1.66. The van der Waals surface area contributed by atoms with Crippen LogP contribution in [0.2, 0.25) is 0 Å². The standard InChI is InChI=1S/C16H17N3O2S/c1-10-19-15(9-22-10)16(20)17-6-5-11-8-18-14-4-3-12(21-2)7-13(11)14/h3-4,7-9,18H,5-6H2,1-2H3,(H,17,20). The summed E-state index contributed by atoms with van der Waals surface area (Å²) in [6.07, 6.45) is 2.73. The first kappa shape index (κ1) is 14.6. The van der Waals surface area contributed by atoms with Gasteiger partial charge in [0.25, 0.3) is 5.91 Å². The second-order valence-electron chi connectivity index (χ2n) is 4.98. The molecule has 0 aliphatic rings. The maximum atomic E-state index is 12.0. The number of thiazole rings is 1. The van der Waals surface area contributed by atoms with E-state index in [1.54, 1.807) is 12.5 Å². The molecular formula is C16H17N3O2S. The molecule has 0 bridgehead atoms. The molecule has 0 aliphatic carbocycles. The van der Waals surface area contributed by atoms with Crippen molar-refractivity contribution in [3.05, 3.63) is 46.0 Å². The van der Waals surface area contributed by atoms with Gasteiger partial charge in [0.15, 0.2) is 0 Å². The molecule has 0 fully saturated rings. The van der Waals surface area contributed by atoms with Crippen molar-refractivity contribution in [3.8, 4) is 5.75 Å². The lowest BCUT2D eigenvalue weighted by atomic mass is 10.1. The number of fused-ring (bicyclic) bond motifs is 1. The van der Waals surface area contributed by atoms with Gasteiger partial charge in [0.1, 0.15) is 11.4 Å². The highest BCUT2D eigenvalue weighted by atomic mass is 32.1. The number of benzene rings is 1. The van der Waals surface area contributed by atoms with E-state index in [0.29, 0.717) is 12.2 Å². The van der Waals surface area contributed by atoms with Gasteiger partial charge in [-0.25, -0.2) is 4.98 Å². The van der Waals surface area contributed by atoms with Crippen LogP contribution in [0.25, 0.3) is 10.9 Å². The van der Waals surface area contributed by atoms with Crippen LogP contribution in [0.15, 0.2) is 29.8 Å². The van der Waals surface area contributed by atoms with Crippen molar-refractivity contribution < 1.29 is 9.53 Å². The van der Waals surface area contributed by atoms with E-state index in [0.717, 1.165) is 33.6 Å². The Kier molecular flexibility index (Phi) is 4.11. The maximum Gasteiger partial charge on any atom is 0.270 e. The Morgan fingerprint density at radius 2 is 2.32 bits per heavy atom. The Hall–Kier alpha value is -2.34. The molecule has 0 spiro atoms. The van der Waals surface area contributed by atoms with Crippen LogP contribution < -0.4 is 10.1 Å². The van der Waals surface area contributed by atoms with Crippen molar-refractivity contribution in [3.63, 3.8) is 0 Å². The summed E-state index contributed by atoms with van der Waals surface area (Å²) in [5.41, 5.74) is 2.71. The van der Waals surface area contributed by atoms with Gasteiger partial charge in [0.05, 0.1) is 12.1 Å². The largest absolute Gasteiger partial charge is 0.497 e. The number of H-pyrrole nitrogens is 1. The number of nitrogens with zero attached hydrogens (tertiary/aromatic N) is 1. The predicted molar refractivity (Wildman–Crippen MR) is 87.7 cm³/mol. The number of aryl methyl sites for hydroxylation is 1. The van der Waals surface area contributed by atoms with Gasteiger partial charge in [0, 0.05) is 29.0 Å². The average Bonchev–Trinajstić information content (AvgIpc) is 3.13. The van der Waals surface area contributed by atoms with Crippen LogP contribution in [0.1, 0.15) is 21.1 Å². The van der Waals surface area contributed by atoms with Crippen LogP contribution in [0.4, 0.5) is 0 Å². The normalized spacial score (nSPS) is 10.8. The monoisotopic (exact) mass is 315 g/mol. The second kappa shape index (κ2) is 6.19. The predicted octanol–water partition coefficient (Wildman–Crippen LogP) is 2.91. The second-order valence-corrected chi connectivity index (χ2v) is 6.05. The molecule has 3 rings (SSSR count). The molecule has 6 heteroatoms.